The van der Waals surface area contributed by atoms with Crippen molar-refractivity contribution in [1.29, 1.82) is 0 Å². The minimum Gasteiger partial charge on any atom is -0.378 e. The number of carbonyl (C=O) groups excluding carboxylic acids is 1. The maximum atomic E-state index is 12.1. The molecule has 0 bridgehead atoms. The van der Waals surface area contributed by atoms with Crippen LogP contribution in [-0.2, 0) is 11.2 Å². The third kappa shape index (κ3) is 4.46. The molecule has 0 N–H and O–H groups in total. The molecule has 19 heavy (non-hydrogen) atoms. The van der Waals surface area contributed by atoms with Crippen molar-refractivity contribution in [1.82, 2.24) is 0 Å². The number of Topliss-reactive ketones (excluding diaryl/α,β-unsaturated/α-hetero) is 1. The molecule has 0 aliphatic carbocycles. The van der Waals surface area contributed by atoms with Crippen molar-refractivity contribution in [2.45, 2.75) is 58.0 Å². The van der Waals surface area contributed by atoms with Gasteiger partial charge in [0, 0.05) is 18.6 Å². The van der Waals surface area contributed by atoms with Crippen molar-refractivity contribution in [3.05, 3.63) is 35.4 Å². The Hall–Kier alpha value is -1.15. The van der Waals surface area contributed by atoms with E-state index in [4.69, 9.17) is 4.74 Å². The summed E-state index contributed by atoms with van der Waals surface area (Å²) >= 11 is 0. The third-order valence-corrected chi connectivity index (χ3v) is 3.81. The highest BCUT2D eigenvalue weighted by atomic mass is 16.5. The van der Waals surface area contributed by atoms with Gasteiger partial charge in [-0.05, 0) is 37.7 Å². The van der Waals surface area contributed by atoms with Gasteiger partial charge in [-0.3, -0.25) is 4.79 Å². The summed E-state index contributed by atoms with van der Waals surface area (Å²) in [5, 5.41) is 0. The highest BCUT2D eigenvalue weighted by Gasteiger charge is 2.17. The molecule has 0 radical (unpaired) electrons. The molecule has 1 heterocycles. The molecule has 0 aromatic heterocycles. The number of hydrogen-bond acceptors (Lipinski definition) is 2. The Morgan fingerprint density at radius 1 is 1.32 bits per heavy atom. The summed E-state index contributed by atoms with van der Waals surface area (Å²) in [6.07, 6.45) is 7.59. The molecule has 1 fully saturated rings. The van der Waals surface area contributed by atoms with Crippen LogP contribution in [0.4, 0.5) is 0 Å². The zero-order valence-electron chi connectivity index (χ0n) is 11.9. The van der Waals surface area contributed by atoms with Crippen molar-refractivity contribution < 1.29 is 9.53 Å². The van der Waals surface area contributed by atoms with Gasteiger partial charge in [0.05, 0.1) is 6.10 Å². The lowest BCUT2D eigenvalue weighted by molar-refractivity contribution is 0.0859. The first-order valence-corrected chi connectivity index (χ1v) is 7.53. The van der Waals surface area contributed by atoms with E-state index >= 15 is 0 Å². The second kappa shape index (κ2) is 7.44. The SMILES string of the molecule is CCCCc1ccc(C(=O)CCC2CCCO2)cc1. The number of carbonyl (C=O) groups is 1. The first kappa shape index (κ1) is 14.3. The van der Waals surface area contributed by atoms with Crippen molar-refractivity contribution >= 4 is 5.78 Å². The molecular formula is C17H24O2. The van der Waals surface area contributed by atoms with E-state index in [9.17, 15) is 4.79 Å². The van der Waals surface area contributed by atoms with Crippen LogP contribution in [-0.4, -0.2) is 18.5 Å². The molecule has 2 nitrogen and oxygen atoms in total. The monoisotopic (exact) mass is 260 g/mol. The maximum absolute atomic E-state index is 12.1. The van der Waals surface area contributed by atoms with E-state index in [0.717, 1.165) is 37.9 Å². The molecule has 0 spiro atoms. The van der Waals surface area contributed by atoms with E-state index in [-0.39, 0.29) is 5.78 Å². The van der Waals surface area contributed by atoms with Crippen LogP contribution < -0.4 is 0 Å². The van der Waals surface area contributed by atoms with Gasteiger partial charge in [0.25, 0.3) is 0 Å². The fourth-order valence-corrected chi connectivity index (χ4v) is 2.55. The van der Waals surface area contributed by atoms with Crippen molar-refractivity contribution in [3.63, 3.8) is 0 Å². The first-order valence-electron chi connectivity index (χ1n) is 7.53. The fraction of sp³-hybridized carbons (Fsp3) is 0.588. The van der Waals surface area contributed by atoms with Gasteiger partial charge in [-0.15, -0.1) is 0 Å². The van der Waals surface area contributed by atoms with Crippen LogP contribution in [0, 0.1) is 0 Å². The second-order valence-electron chi connectivity index (χ2n) is 5.40. The highest BCUT2D eigenvalue weighted by Crippen LogP contribution is 2.18. The fourth-order valence-electron chi connectivity index (χ4n) is 2.55. The van der Waals surface area contributed by atoms with Gasteiger partial charge in [-0.1, -0.05) is 37.6 Å². The first-order chi connectivity index (χ1) is 9.29. The summed E-state index contributed by atoms with van der Waals surface area (Å²) in [6, 6.07) is 8.13. The lowest BCUT2D eigenvalue weighted by Gasteiger charge is -2.08. The van der Waals surface area contributed by atoms with Crippen LogP contribution in [0.3, 0.4) is 0 Å². The van der Waals surface area contributed by atoms with Crippen molar-refractivity contribution in [2.75, 3.05) is 6.61 Å². The van der Waals surface area contributed by atoms with Gasteiger partial charge in [0.2, 0.25) is 0 Å². The quantitative estimate of drug-likeness (QED) is 0.688. The number of rotatable bonds is 7. The van der Waals surface area contributed by atoms with Crippen LogP contribution in [0.15, 0.2) is 24.3 Å². The number of ether oxygens (including phenoxy) is 1. The summed E-state index contributed by atoms with van der Waals surface area (Å²) < 4.78 is 5.55. The molecule has 1 aliphatic heterocycles. The molecule has 2 heteroatoms. The highest BCUT2D eigenvalue weighted by molar-refractivity contribution is 5.96. The zero-order valence-corrected chi connectivity index (χ0v) is 11.9. The van der Waals surface area contributed by atoms with Gasteiger partial charge in [0.15, 0.2) is 5.78 Å². The molecule has 1 aromatic carbocycles. The molecular weight excluding hydrogens is 236 g/mol. The van der Waals surface area contributed by atoms with Crippen LogP contribution in [0.2, 0.25) is 0 Å². The Bertz CT molecular complexity index is 388. The molecule has 1 unspecified atom stereocenters. The summed E-state index contributed by atoms with van der Waals surface area (Å²) in [7, 11) is 0. The molecule has 1 atom stereocenters. The Morgan fingerprint density at radius 3 is 2.74 bits per heavy atom. The average Bonchev–Trinajstić information content (AvgIpc) is 2.96. The molecule has 0 amide bonds. The predicted molar refractivity (Wildman–Crippen MR) is 77.6 cm³/mol. The molecule has 1 aromatic rings. The smallest absolute Gasteiger partial charge is 0.162 e. The molecule has 2 rings (SSSR count). The maximum Gasteiger partial charge on any atom is 0.162 e. The lowest BCUT2D eigenvalue weighted by atomic mass is 10.0. The third-order valence-electron chi connectivity index (χ3n) is 3.81. The van der Waals surface area contributed by atoms with Crippen LogP contribution in [0.5, 0.6) is 0 Å². The summed E-state index contributed by atoms with van der Waals surface area (Å²) in [6.45, 7) is 3.06. The van der Waals surface area contributed by atoms with Gasteiger partial charge in [-0.25, -0.2) is 0 Å². The normalized spacial score (nSPS) is 18.7. The number of aryl methyl sites for hydroxylation is 1. The van der Waals surface area contributed by atoms with Gasteiger partial charge < -0.3 is 4.74 Å². The van der Waals surface area contributed by atoms with E-state index in [1.807, 2.05) is 12.1 Å². The van der Waals surface area contributed by atoms with E-state index in [2.05, 4.69) is 19.1 Å². The minimum atomic E-state index is 0.248. The van der Waals surface area contributed by atoms with Crippen LogP contribution in [0.1, 0.15) is 61.4 Å². The van der Waals surface area contributed by atoms with Gasteiger partial charge in [0.1, 0.15) is 0 Å². The summed E-state index contributed by atoms with van der Waals surface area (Å²) in [5.41, 5.74) is 2.18. The lowest BCUT2D eigenvalue weighted by Crippen LogP contribution is -2.08. The number of ketones is 1. The molecule has 0 saturated carbocycles. The van der Waals surface area contributed by atoms with E-state index in [1.54, 1.807) is 0 Å². The van der Waals surface area contributed by atoms with Crippen LogP contribution in [0.25, 0.3) is 0 Å². The van der Waals surface area contributed by atoms with E-state index in [1.165, 1.54) is 18.4 Å². The number of benzene rings is 1. The molecule has 104 valence electrons. The standard InChI is InChI=1S/C17H24O2/c1-2-3-5-14-7-9-15(10-8-14)17(18)12-11-16-6-4-13-19-16/h7-10,16H,2-6,11-13H2,1H3. The Morgan fingerprint density at radius 2 is 2.11 bits per heavy atom. The summed E-state index contributed by atoms with van der Waals surface area (Å²) in [5.74, 6) is 0.248. The summed E-state index contributed by atoms with van der Waals surface area (Å²) in [4.78, 5) is 12.1. The number of unbranched alkanes of at least 4 members (excludes halogenated alkanes) is 1. The van der Waals surface area contributed by atoms with Crippen molar-refractivity contribution in [3.8, 4) is 0 Å². The predicted octanol–water partition coefficient (Wildman–Crippen LogP) is 4.17. The zero-order chi connectivity index (χ0) is 13.5. The van der Waals surface area contributed by atoms with Gasteiger partial charge >= 0.3 is 0 Å². The Balaban J connectivity index is 1.81. The Kier molecular flexibility index (Phi) is 5.59. The largest absolute Gasteiger partial charge is 0.378 e. The van der Waals surface area contributed by atoms with Crippen LogP contribution >= 0.6 is 0 Å². The molecule has 1 saturated heterocycles. The second-order valence-corrected chi connectivity index (χ2v) is 5.40. The molecule has 1 aliphatic rings. The average molecular weight is 260 g/mol. The van der Waals surface area contributed by atoms with Crippen molar-refractivity contribution in [2.24, 2.45) is 0 Å². The van der Waals surface area contributed by atoms with E-state index < -0.39 is 0 Å². The number of hydrogen-bond donors (Lipinski definition) is 0. The minimum absolute atomic E-state index is 0.248. The van der Waals surface area contributed by atoms with Gasteiger partial charge in [-0.2, -0.15) is 0 Å². The topological polar surface area (TPSA) is 26.3 Å². The van der Waals surface area contributed by atoms with E-state index in [0.29, 0.717) is 12.5 Å². The Labute approximate surface area is 116 Å².